The molecule has 11 heteroatoms. The van der Waals surface area contributed by atoms with Gasteiger partial charge in [0, 0.05) is 21.4 Å². The van der Waals surface area contributed by atoms with Crippen LogP contribution in [0.15, 0.2) is 41.6 Å². The molecule has 0 saturated heterocycles. The van der Waals surface area contributed by atoms with E-state index in [0.29, 0.717) is 33.1 Å². The maximum atomic E-state index is 13.0. The summed E-state index contributed by atoms with van der Waals surface area (Å²) in [6.07, 6.45) is 0. The zero-order chi connectivity index (χ0) is 27.3. The maximum Gasteiger partial charge on any atom is 0.251 e. The SMILES string of the molecule is CCn1c(SCC(=O)Nc2ccc(I)cc2C(C)C)nnc1[C@@H](NC(=O)c1ccc(Cl)c(Cl)c1)C(C)C. The van der Waals surface area contributed by atoms with E-state index in [-0.39, 0.29) is 29.4 Å². The number of halogens is 3. The molecule has 0 saturated carbocycles. The molecule has 0 radical (unpaired) electrons. The highest BCUT2D eigenvalue weighted by Gasteiger charge is 2.26. The quantitative estimate of drug-likeness (QED) is 0.176. The standard InChI is InChI=1S/C26H30Cl2IN5O2S/c1-6-34-24(23(15(4)5)31-25(36)16-7-9-19(27)20(28)11-16)32-33-26(34)37-13-22(35)30-21-10-8-17(29)12-18(21)14(2)3/h7-12,14-15,23H,6,13H2,1-5H3,(H,30,35)(H,31,36)/t23-/m0/s1. The van der Waals surface area contributed by atoms with Gasteiger partial charge in [-0.05, 0) is 83.3 Å². The monoisotopic (exact) mass is 673 g/mol. The zero-order valence-electron chi connectivity index (χ0n) is 21.3. The van der Waals surface area contributed by atoms with E-state index in [4.69, 9.17) is 23.2 Å². The van der Waals surface area contributed by atoms with E-state index in [1.165, 1.54) is 11.8 Å². The number of hydrogen-bond acceptors (Lipinski definition) is 5. The van der Waals surface area contributed by atoms with Crippen LogP contribution >= 0.6 is 57.6 Å². The molecular formula is C26H30Cl2IN5O2S. The van der Waals surface area contributed by atoms with Gasteiger partial charge in [-0.1, -0.05) is 62.7 Å². The lowest BCUT2D eigenvalue weighted by molar-refractivity contribution is -0.113. The van der Waals surface area contributed by atoms with Gasteiger partial charge in [-0.2, -0.15) is 0 Å². The minimum atomic E-state index is -0.391. The molecule has 2 N–H and O–H groups in total. The van der Waals surface area contributed by atoms with Crippen LogP contribution in [0, 0.1) is 9.49 Å². The van der Waals surface area contributed by atoms with Crippen molar-refractivity contribution in [2.75, 3.05) is 11.1 Å². The Morgan fingerprint density at radius 1 is 1.05 bits per heavy atom. The molecule has 0 aliphatic carbocycles. The lowest BCUT2D eigenvalue weighted by atomic mass is 10.0. The van der Waals surface area contributed by atoms with Crippen LogP contribution in [-0.4, -0.2) is 32.3 Å². The van der Waals surface area contributed by atoms with E-state index in [1.54, 1.807) is 18.2 Å². The van der Waals surface area contributed by atoms with E-state index in [0.717, 1.165) is 14.8 Å². The fourth-order valence-electron chi connectivity index (χ4n) is 3.77. The normalized spacial score (nSPS) is 12.2. The molecule has 0 bridgehead atoms. The molecule has 37 heavy (non-hydrogen) atoms. The number of carbonyl (C=O) groups is 2. The summed E-state index contributed by atoms with van der Waals surface area (Å²) in [5, 5.41) is 16.1. The summed E-state index contributed by atoms with van der Waals surface area (Å²) in [7, 11) is 0. The number of aromatic nitrogens is 3. The number of benzene rings is 2. The number of carbonyl (C=O) groups excluding carboxylic acids is 2. The number of nitrogens with one attached hydrogen (secondary N) is 2. The van der Waals surface area contributed by atoms with Crippen molar-refractivity contribution in [1.82, 2.24) is 20.1 Å². The number of thioether (sulfide) groups is 1. The van der Waals surface area contributed by atoms with Gasteiger partial charge in [0.05, 0.1) is 21.8 Å². The first-order chi connectivity index (χ1) is 17.5. The van der Waals surface area contributed by atoms with Crippen LogP contribution < -0.4 is 10.6 Å². The van der Waals surface area contributed by atoms with E-state index in [9.17, 15) is 9.59 Å². The Hall–Kier alpha value is -1.82. The average Bonchev–Trinajstić information content (AvgIpc) is 3.25. The maximum absolute atomic E-state index is 13.0. The fraction of sp³-hybridized carbons (Fsp3) is 0.385. The zero-order valence-corrected chi connectivity index (χ0v) is 25.8. The second kappa shape index (κ2) is 13.3. The van der Waals surface area contributed by atoms with Gasteiger partial charge in [-0.15, -0.1) is 10.2 Å². The third-order valence-corrected chi connectivity index (χ3v) is 8.09. The highest BCUT2D eigenvalue weighted by molar-refractivity contribution is 14.1. The second-order valence-corrected chi connectivity index (χ2v) is 12.1. The third-order valence-electron chi connectivity index (χ3n) is 5.72. The Balaban J connectivity index is 1.73. The lowest BCUT2D eigenvalue weighted by Crippen LogP contribution is -2.33. The molecule has 7 nitrogen and oxygen atoms in total. The molecule has 1 heterocycles. The second-order valence-electron chi connectivity index (χ2n) is 9.13. The molecule has 1 aromatic heterocycles. The number of anilines is 1. The molecule has 0 aliphatic rings. The molecule has 0 spiro atoms. The van der Waals surface area contributed by atoms with Gasteiger partial charge in [-0.25, -0.2) is 0 Å². The first kappa shape index (κ1) is 29.7. The van der Waals surface area contributed by atoms with Gasteiger partial charge in [0.1, 0.15) is 0 Å². The average molecular weight is 674 g/mol. The summed E-state index contributed by atoms with van der Waals surface area (Å²) in [5.41, 5.74) is 2.33. The van der Waals surface area contributed by atoms with E-state index >= 15 is 0 Å². The van der Waals surface area contributed by atoms with Crippen LogP contribution in [0.3, 0.4) is 0 Å². The fourth-order valence-corrected chi connectivity index (χ4v) is 5.39. The molecule has 1 atom stereocenters. The van der Waals surface area contributed by atoms with Crippen LogP contribution in [0.25, 0.3) is 0 Å². The van der Waals surface area contributed by atoms with Crippen LogP contribution in [0.2, 0.25) is 10.0 Å². The van der Waals surface area contributed by atoms with Crippen molar-refractivity contribution in [2.45, 2.75) is 58.3 Å². The van der Waals surface area contributed by atoms with E-state index in [2.05, 4.69) is 63.3 Å². The molecule has 2 aromatic carbocycles. The summed E-state index contributed by atoms with van der Waals surface area (Å²) < 4.78 is 3.06. The largest absolute Gasteiger partial charge is 0.342 e. The third kappa shape index (κ3) is 7.61. The smallest absolute Gasteiger partial charge is 0.251 e. The highest BCUT2D eigenvalue weighted by atomic mass is 127. The Bertz CT molecular complexity index is 1280. The lowest BCUT2D eigenvalue weighted by Gasteiger charge is -2.22. The first-order valence-electron chi connectivity index (χ1n) is 11.9. The molecule has 3 rings (SSSR count). The molecule has 198 valence electrons. The summed E-state index contributed by atoms with van der Waals surface area (Å²) in [5.74, 6) is 0.745. The molecule has 0 unspecified atom stereocenters. The number of rotatable bonds is 10. The van der Waals surface area contributed by atoms with Gasteiger partial charge < -0.3 is 15.2 Å². The Labute approximate surface area is 245 Å². The Morgan fingerprint density at radius 2 is 1.78 bits per heavy atom. The molecular weight excluding hydrogens is 644 g/mol. The molecule has 0 aliphatic heterocycles. The summed E-state index contributed by atoms with van der Waals surface area (Å²) in [6, 6.07) is 10.4. The van der Waals surface area contributed by atoms with Gasteiger partial charge >= 0.3 is 0 Å². The molecule has 0 fully saturated rings. The van der Waals surface area contributed by atoms with Crippen LogP contribution in [0.4, 0.5) is 5.69 Å². The van der Waals surface area contributed by atoms with Gasteiger partial charge in [0.15, 0.2) is 11.0 Å². The van der Waals surface area contributed by atoms with Gasteiger partial charge in [0.25, 0.3) is 5.91 Å². The Kier molecular flexibility index (Phi) is 10.7. The van der Waals surface area contributed by atoms with Crippen molar-refractivity contribution in [3.63, 3.8) is 0 Å². The number of hydrogen-bond donors (Lipinski definition) is 2. The molecule has 3 aromatic rings. The summed E-state index contributed by atoms with van der Waals surface area (Å²) in [6.45, 7) is 10.8. The summed E-state index contributed by atoms with van der Waals surface area (Å²) in [4.78, 5) is 25.7. The van der Waals surface area contributed by atoms with Gasteiger partial charge in [-0.3, -0.25) is 9.59 Å². The van der Waals surface area contributed by atoms with Crippen LogP contribution in [-0.2, 0) is 11.3 Å². The molecule has 2 amide bonds. The van der Waals surface area contributed by atoms with Crippen LogP contribution in [0.5, 0.6) is 0 Å². The van der Waals surface area contributed by atoms with Crippen molar-refractivity contribution in [1.29, 1.82) is 0 Å². The summed E-state index contributed by atoms with van der Waals surface area (Å²) >= 11 is 15.7. The first-order valence-corrected chi connectivity index (χ1v) is 14.7. The van der Waals surface area contributed by atoms with Crippen molar-refractivity contribution >= 4 is 75.1 Å². The van der Waals surface area contributed by atoms with Crippen molar-refractivity contribution < 1.29 is 9.59 Å². The highest BCUT2D eigenvalue weighted by Crippen LogP contribution is 2.29. The van der Waals surface area contributed by atoms with Crippen molar-refractivity contribution in [3.8, 4) is 0 Å². The predicted molar refractivity (Wildman–Crippen MR) is 160 cm³/mol. The van der Waals surface area contributed by atoms with Crippen molar-refractivity contribution in [3.05, 3.63) is 67.0 Å². The van der Waals surface area contributed by atoms with Crippen molar-refractivity contribution in [2.24, 2.45) is 5.92 Å². The van der Waals surface area contributed by atoms with E-state index < -0.39 is 6.04 Å². The Morgan fingerprint density at radius 3 is 2.41 bits per heavy atom. The van der Waals surface area contributed by atoms with E-state index in [1.807, 2.05) is 37.5 Å². The minimum absolute atomic E-state index is 0.0395. The van der Waals surface area contributed by atoms with Gasteiger partial charge in [0.2, 0.25) is 5.91 Å². The predicted octanol–water partition coefficient (Wildman–Crippen LogP) is 7.19. The van der Waals surface area contributed by atoms with Crippen LogP contribution in [0.1, 0.15) is 68.3 Å². The number of nitrogens with zero attached hydrogens (tertiary/aromatic N) is 3. The number of amides is 2. The minimum Gasteiger partial charge on any atom is -0.342 e. The topological polar surface area (TPSA) is 88.9 Å².